The van der Waals surface area contributed by atoms with Crippen molar-refractivity contribution in [2.45, 2.75) is 29.6 Å². The van der Waals surface area contributed by atoms with E-state index < -0.39 is 16.2 Å². The van der Waals surface area contributed by atoms with Gasteiger partial charge in [-0.3, -0.25) is 4.21 Å². The fourth-order valence-electron chi connectivity index (χ4n) is 8.84. The Morgan fingerprint density at radius 2 is 0.980 bits per heavy atom. The van der Waals surface area contributed by atoms with Gasteiger partial charge in [-0.15, -0.1) is 0 Å². The Morgan fingerprint density at radius 3 is 1.63 bits per heavy atom. The first-order valence-corrected chi connectivity index (χ1v) is 18.5. The van der Waals surface area contributed by atoms with E-state index in [1.54, 1.807) is 6.26 Å². The molecule has 236 valence electrons. The SMILES string of the molecule is CS(=O)c1cc(-c2ccccc2)ccc1-c1ccc2c(c1)-c1ccc3c(c1C2(c1ccccc1)c1ccccc1)C(C)(C)c1ccccc1-3. The van der Waals surface area contributed by atoms with Crippen LogP contribution in [0.15, 0.2) is 169 Å². The van der Waals surface area contributed by atoms with E-state index >= 15 is 0 Å². The molecular formula is C47H36OS. The molecule has 7 aromatic rings. The van der Waals surface area contributed by atoms with Crippen molar-refractivity contribution >= 4 is 10.8 Å². The summed E-state index contributed by atoms with van der Waals surface area (Å²) in [4.78, 5) is 0.849. The van der Waals surface area contributed by atoms with Gasteiger partial charge in [0.05, 0.1) is 16.2 Å². The second kappa shape index (κ2) is 11.1. The molecule has 0 spiro atoms. The fraction of sp³-hybridized carbons (Fsp3) is 0.106. The Labute approximate surface area is 291 Å². The molecule has 49 heavy (non-hydrogen) atoms. The predicted molar refractivity (Wildman–Crippen MR) is 205 cm³/mol. The average Bonchev–Trinajstić information content (AvgIpc) is 3.58. The molecule has 9 rings (SSSR count). The molecule has 0 N–H and O–H groups in total. The van der Waals surface area contributed by atoms with E-state index in [-0.39, 0.29) is 5.41 Å². The van der Waals surface area contributed by atoms with Crippen LogP contribution in [0.2, 0.25) is 0 Å². The van der Waals surface area contributed by atoms with E-state index in [9.17, 15) is 4.21 Å². The van der Waals surface area contributed by atoms with Gasteiger partial charge in [0.2, 0.25) is 0 Å². The third-order valence-electron chi connectivity index (χ3n) is 10.9. The quantitative estimate of drug-likeness (QED) is 0.181. The maximum absolute atomic E-state index is 13.3. The molecule has 2 aliphatic rings. The van der Waals surface area contributed by atoms with E-state index in [4.69, 9.17) is 0 Å². The predicted octanol–water partition coefficient (Wildman–Crippen LogP) is 11.4. The lowest BCUT2D eigenvalue weighted by Crippen LogP contribution is -2.32. The van der Waals surface area contributed by atoms with Crippen LogP contribution >= 0.6 is 0 Å². The zero-order chi connectivity index (χ0) is 33.3. The fourth-order valence-corrected chi connectivity index (χ4v) is 9.62. The van der Waals surface area contributed by atoms with Gasteiger partial charge in [-0.2, -0.15) is 0 Å². The number of hydrogen-bond acceptors (Lipinski definition) is 1. The van der Waals surface area contributed by atoms with E-state index in [2.05, 4.69) is 159 Å². The monoisotopic (exact) mass is 648 g/mol. The maximum Gasteiger partial charge on any atom is 0.0716 e. The lowest BCUT2D eigenvalue weighted by atomic mass is 9.64. The first kappa shape index (κ1) is 29.8. The lowest BCUT2D eigenvalue weighted by molar-refractivity contribution is 0.633. The summed E-state index contributed by atoms with van der Waals surface area (Å²) < 4.78 is 13.3. The highest BCUT2D eigenvalue weighted by Gasteiger charge is 2.51. The molecule has 0 heterocycles. The summed E-state index contributed by atoms with van der Waals surface area (Å²) in [6, 6.07) is 59.5. The molecule has 1 unspecified atom stereocenters. The van der Waals surface area contributed by atoms with Crippen molar-refractivity contribution in [2.75, 3.05) is 6.26 Å². The first-order chi connectivity index (χ1) is 23.9. The molecule has 0 saturated carbocycles. The molecule has 1 nitrogen and oxygen atoms in total. The number of hydrogen-bond donors (Lipinski definition) is 0. The van der Waals surface area contributed by atoms with Crippen LogP contribution in [-0.2, 0) is 21.6 Å². The largest absolute Gasteiger partial charge is 0.255 e. The van der Waals surface area contributed by atoms with Crippen LogP contribution in [0.3, 0.4) is 0 Å². The summed E-state index contributed by atoms with van der Waals surface area (Å²) in [6.07, 6.45) is 1.79. The third kappa shape index (κ3) is 4.27. The molecule has 0 fully saturated rings. The van der Waals surface area contributed by atoms with Crippen LogP contribution < -0.4 is 0 Å². The van der Waals surface area contributed by atoms with Crippen molar-refractivity contribution in [2.24, 2.45) is 0 Å². The summed E-state index contributed by atoms with van der Waals surface area (Å²) in [7, 11) is -1.18. The summed E-state index contributed by atoms with van der Waals surface area (Å²) in [6.45, 7) is 4.79. The molecule has 0 saturated heterocycles. The summed E-state index contributed by atoms with van der Waals surface area (Å²) >= 11 is 0. The van der Waals surface area contributed by atoms with Crippen molar-refractivity contribution in [1.82, 2.24) is 0 Å². The maximum atomic E-state index is 13.3. The van der Waals surface area contributed by atoms with Crippen LogP contribution in [0.1, 0.15) is 47.2 Å². The minimum Gasteiger partial charge on any atom is -0.255 e. The van der Waals surface area contributed by atoms with Gasteiger partial charge in [-0.05, 0) is 90.0 Å². The first-order valence-electron chi connectivity index (χ1n) is 17.0. The third-order valence-corrected chi connectivity index (χ3v) is 11.9. The minimum absolute atomic E-state index is 0.198. The van der Waals surface area contributed by atoms with Crippen molar-refractivity contribution in [3.05, 3.63) is 197 Å². The van der Waals surface area contributed by atoms with Gasteiger partial charge < -0.3 is 0 Å². The van der Waals surface area contributed by atoms with Crippen LogP contribution in [0.25, 0.3) is 44.5 Å². The molecule has 7 aromatic carbocycles. The molecule has 0 bridgehead atoms. The summed E-state index contributed by atoms with van der Waals surface area (Å²) in [5, 5.41) is 0. The van der Waals surface area contributed by atoms with Crippen LogP contribution in [0.4, 0.5) is 0 Å². The van der Waals surface area contributed by atoms with E-state index in [1.165, 1.54) is 55.6 Å². The van der Waals surface area contributed by atoms with E-state index in [0.29, 0.717) is 0 Å². The Kier molecular flexibility index (Phi) is 6.76. The molecular weight excluding hydrogens is 613 g/mol. The average molecular weight is 649 g/mol. The second-order valence-corrected chi connectivity index (χ2v) is 15.2. The van der Waals surface area contributed by atoms with Gasteiger partial charge in [-0.1, -0.05) is 166 Å². The van der Waals surface area contributed by atoms with Gasteiger partial charge in [0.15, 0.2) is 0 Å². The summed E-state index contributed by atoms with van der Waals surface area (Å²) in [5.74, 6) is 0. The van der Waals surface area contributed by atoms with E-state index in [0.717, 1.165) is 27.1 Å². The molecule has 0 aliphatic heterocycles. The standard InChI is InChI=1S/C47H36OS/c1-46(2)41-22-14-13-21-37(41)38-26-27-39-40-29-33(36-25-23-32(30-43(36)49(3)48)31-15-7-4-8-16-31)24-28-42(40)47(45(39)44(38)46,34-17-9-5-10-18-34)35-19-11-6-12-20-35/h4-30H,1-3H3. The van der Waals surface area contributed by atoms with Crippen LogP contribution in [0, 0.1) is 0 Å². The molecule has 2 heteroatoms. The van der Waals surface area contributed by atoms with Crippen LogP contribution in [0.5, 0.6) is 0 Å². The molecule has 0 radical (unpaired) electrons. The Morgan fingerprint density at radius 1 is 0.429 bits per heavy atom. The van der Waals surface area contributed by atoms with Gasteiger partial charge in [0, 0.05) is 16.6 Å². The van der Waals surface area contributed by atoms with E-state index in [1.807, 2.05) is 18.2 Å². The minimum atomic E-state index is -1.18. The van der Waals surface area contributed by atoms with Gasteiger partial charge >= 0.3 is 0 Å². The summed E-state index contributed by atoms with van der Waals surface area (Å²) in [5.41, 5.74) is 16.7. The van der Waals surface area contributed by atoms with Crippen molar-refractivity contribution in [1.29, 1.82) is 0 Å². The van der Waals surface area contributed by atoms with Gasteiger partial charge in [0.25, 0.3) is 0 Å². The Bertz CT molecular complexity index is 2380. The smallest absolute Gasteiger partial charge is 0.0716 e. The highest BCUT2D eigenvalue weighted by molar-refractivity contribution is 7.84. The normalized spacial score (nSPS) is 15.2. The van der Waals surface area contributed by atoms with Crippen molar-refractivity contribution in [3.63, 3.8) is 0 Å². The Hall–Kier alpha value is -5.31. The molecule has 0 amide bonds. The molecule has 0 aromatic heterocycles. The zero-order valence-corrected chi connectivity index (χ0v) is 28.7. The van der Waals surface area contributed by atoms with Gasteiger partial charge in [0.1, 0.15) is 0 Å². The second-order valence-electron chi connectivity index (χ2n) is 13.9. The zero-order valence-electron chi connectivity index (χ0n) is 27.9. The van der Waals surface area contributed by atoms with Crippen molar-refractivity contribution in [3.8, 4) is 44.5 Å². The number of benzene rings is 7. The highest BCUT2D eigenvalue weighted by atomic mass is 32.2. The van der Waals surface area contributed by atoms with Gasteiger partial charge in [-0.25, -0.2) is 0 Å². The highest BCUT2D eigenvalue weighted by Crippen LogP contribution is 2.63. The Balaban J connectivity index is 1.36. The lowest BCUT2D eigenvalue weighted by Gasteiger charge is -2.37. The topological polar surface area (TPSA) is 17.1 Å². The van der Waals surface area contributed by atoms with Crippen molar-refractivity contribution < 1.29 is 4.21 Å². The number of fused-ring (bicyclic) bond motifs is 7. The number of rotatable bonds is 5. The molecule has 1 atom stereocenters. The molecule has 2 aliphatic carbocycles. The van der Waals surface area contributed by atoms with Crippen LogP contribution in [-0.4, -0.2) is 10.5 Å².